The molecule has 0 spiro atoms. The normalized spacial score (nSPS) is 15.3. The minimum atomic E-state index is -0.131. The van der Waals surface area contributed by atoms with Crippen molar-refractivity contribution < 1.29 is 0 Å². The SMILES string of the molecule is C=CCCC(C)(C#N)CC. The van der Waals surface area contributed by atoms with Crippen LogP contribution in [-0.2, 0) is 0 Å². The molecule has 0 aromatic rings. The summed E-state index contributed by atoms with van der Waals surface area (Å²) in [7, 11) is 0. The second kappa shape index (κ2) is 4.11. The molecule has 1 nitrogen and oxygen atoms in total. The molecule has 1 atom stereocenters. The van der Waals surface area contributed by atoms with Gasteiger partial charge < -0.3 is 0 Å². The lowest BCUT2D eigenvalue weighted by Crippen LogP contribution is -2.10. The van der Waals surface area contributed by atoms with Crippen LogP contribution in [0.5, 0.6) is 0 Å². The molecule has 0 aliphatic heterocycles. The Balaban J connectivity index is 3.83. The molecule has 0 heterocycles. The standard InChI is InChI=1S/C9H15N/c1-4-6-7-9(3,5-2)8-10/h4H,1,5-7H2,2-3H3. The Bertz CT molecular complexity index is 143. The van der Waals surface area contributed by atoms with Crippen molar-refractivity contribution in [2.75, 3.05) is 0 Å². The molecule has 1 unspecified atom stereocenters. The van der Waals surface area contributed by atoms with Gasteiger partial charge in [-0.05, 0) is 26.2 Å². The van der Waals surface area contributed by atoms with Crippen LogP contribution in [0.2, 0.25) is 0 Å². The zero-order valence-corrected chi connectivity index (χ0v) is 6.85. The van der Waals surface area contributed by atoms with Crippen molar-refractivity contribution in [3.05, 3.63) is 12.7 Å². The fourth-order valence-electron chi connectivity index (χ4n) is 0.732. The van der Waals surface area contributed by atoms with Gasteiger partial charge >= 0.3 is 0 Å². The van der Waals surface area contributed by atoms with Crippen LogP contribution in [0, 0.1) is 16.7 Å². The van der Waals surface area contributed by atoms with E-state index in [1.807, 2.05) is 19.9 Å². The topological polar surface area (TPSA) is 23.8 Å². The van der Waals surface area contributed by atoms with E-state index in [0.29, 0.717) is 0 Å². The van der Waals surface area contributed by atoms with Crippen molar-refractivity contribution in [1.82, 2.24) is 0 Å². The average Bonchev–Trinajstić information content (AvgIpc) is 2.00. The van der Waals surface area contributed by atoms with Crippen molar-refractivity contribution in [3.63, 3.8) is 0 Å². The molecule has 0 aliphatic carbocycles. The van der Waals surface area contributed by atoms with E-state index < -0.39 is 0 Å². The first-order valence-corrected chi connectivity index (χ1v) is 3.70. The fourth-order valence-corrected chi connectivity index (χ4v) is 0.732. The second-order valence-electron chi connectivity index (χ2n) is 2.85. The summed E-state index contributed by atoms with van der Waals surface area (Å²) in [5.74, 6) is 0. The summed E-state index contributed by atoms with van der Waals surface area (Å²) in [6.45, 7) is 7.67. The van der Waals surface area contributed by atoms with Gasteiger partial charge in [-0.2, -0.15) is 5.26 Å². The third kappa shape index (κ3) is 2.68. The van der Waals surface area contributed by atoms with Gasteiger partial charge in [0.15, 0.2) is 0 Å². The maximum Gasteiger partial charge on any atom is 0.0686 e. The highest BCUT2D eigenvalue weighted by atomic mass is 14.3. The molecule has 0 radical (unpaired) electrons. The van der Waals surface area contributed by atoms with Crippen molar-refractivity contribution in [1.29, 1.82) is 5.26 Å². The van der Waals surface area contributed by atoms with Crippen LogP contribution >= 0.6 is 0 Å². The van der Waals surface area contributed by atoms with Crippen molar-refractivity contribution >= 4 is 0 Å². The minimum Gasteiger partial charge on any atom is -0.198 e. The zero-order valence-electron chi connectivity index (χ0n) is 6.85. The Kier molecular flexibility index (Phi) is 3.79. The summed E-state index contributed by atoms with van der Waals surface area (Å²) >= 11 is 0. The number of nitriles is 1. The van der Waals surface area contributed by atoms with Crippen LogP contribution in [0.4, 0.5) is 0 Å². The summed E-state index contributed by atoms with van der Waals surface area (Å²) in [5, 5.41) is 8.73. The first kappa shape index (κ1) is 9.23. The summed E-state index contributed by atoms with van der Waals surface area (Å²) in [6.07, 6.45) is 4.67. The van der Waals surface area contributed by atoms with Gasteiger partial charge in [0.1, 0.15) is 0 Å². The Morgan fingerprint density at radius 3 is 2.60 bits per heavy atom. The van der Waals surface area contributed by atoms with E-state index in [0.717, 1.165) is 19.3 Å². The molecule has 0 saturated heterocycles. The van der Waals surface area contributed by atoms with Gasteiger partial charge in [-0.1, -0.05) is 13.0 Å². The molecule has 10 heavy (non-hydrogen) atoms. The van der Waals surface area contributed by atoms with Gasteiger partial charge in [0.2, 0.25) is 0 Å². The van der Waals surface area contributed by atoms with E-state index >= 15 is 0 Å². The second-order valence-corrected chi connectivity index (χ2v) is 2.85. The molecule has 0 rings (SSSR count). The molecule has 0 amide bonds. The number of hydrogen-bond donors (Lipinski definition) is 0. The molecule has 1 heteroatoms. The Hall–Kier alpha value is -0.770. The molecule has 0 bridgehead atoms. The van der Waals surface area contributed by atoms with E-state index in [9.17, 15) is 0 Å². The first-order valence-electron chi connectivity index (χ1n) is 3.70. The highest BCUT2D eigenvalue weighted by Gasteiger charge is 2.19. The summed E-state index contributed by atoms with van der Waals surface area (Å²) in [6, 6.07) is 2.32. The third-order valence-corrected chi connectivity index (χ3v) is 1.95. The summed E-state index contributed by atoms with van der Waals surface area (Å²) in [5.41, 5.74) is -0.131. The Labute approximate surface area is 63.4 Å². The Morgan fingerprint density at radius 1 is 1.70 bits per heavy atom. The van der Waals surface area contributed by atoms with Crippen LogP contribution in [0.15, 0.2) is 12.7 Å². The molecule has 0 saturated carbocycles. The molecule has 0 aromatic carbocycles. The quantitative estimate of drug-likeness (QED) is 0.546. The fraction of sp³-hybridized carbons (Fsp3) is 0.667. The lowest BCUT2D eigenvalue weighted by atomic mass is 9.85. The highest BCUT2D eigenvalue weighted by Crippen LogP contribution is 2.25. The molecule has 56 valence electrons. The zero-order chi connectivity index (χ0) is 8.04. The van der Waals surface area contributed by atoms with Gasteiger partial charge in [0, 0.05) is 0 Å². The first-order chi connectivity index (χ1) is 4.68. The summed E-state index contributed by atoms with van der Waals surface area (Å²) in [4.78, 5) is 0. The maximum absolute atomic E-state index is 8.73. The largest absolute Gasteiger partial charge is 0.198 e. The average molecular weight is 137 g/mol. The van der Waals surface area contributed by atoms with E-state index in [1.54, 1.807) is 0 Å². The third-order valence-electron chi connectivity index (χ3n) is 1.95. The van der Waals surface area contributed by atoms with Crippen molar-refractivity contribution in [2.24, 2.45) is 5.41 Å². The molecule has 0 fully saturated rings. The van der Waals surface area contributed by atoms with Crippen molar-refractivity contribution in [2.45, 2.75) is 33.1 Å². The van der Waals surface area contributed by atoms with E-state index in [1.165, 1.54) is 0 Å². The molecule has 0 N–H and O–H groups in total. The number of hydrogen-bond acceptors (Lipinski definition) is 1. The Morgan fingerprint density at radius 2 is 2.30 bits per heavy atom. The van der Waals surface area contributed by atoms with Crippen LogP contribution in [0.1, 0.15) is 33.1 Å². The minimum absolute atomic E-state index is 0.131. The molecular formula is C9H15N. The van der Waals surface area contributed by atoms with E-state index in [4.69, 9.17) is 5.26 Å². The van der Waals surface area contributed by atoms with E-state index in [-0.39, 0.29) is 5.41 Å². The molecule has 0 aliphatic rings. The number of allylic oxidation sites excluding steroid dienone is 1. The van der Waals surface area contributed by atoms with Crippen molar-refractivity contribution in [3.8, 4) is 6.07 Å². The van der Waals surface area contributed by atoms with Gasteiger partial charge in [-0.3, -0.25) is 0 Å². The van der Waals surface area contributed by atoms with Gasteiger partial charge in [0.25, 0.3) is 0 Å². The van der Waals surface area contributed by atoms with Crippen LogP contribution in [0.25, 0.3) is 0 Å². The lowest BCUT2D eigenvalue weighted by Gasteiger charge is -2.17. The van der Waals surface area contributed by atoms with E-state index in [2.05, 4.69) is 12.6 Å². The van der Waals surface area contributed by atoms with Gasteiger partial charge in [-0.25, -0.2) is 0 Å². The highest BCUT2D eigenvalue weighted by molar-refractivity contribution is 4.95. The van der Waals surface area contributed by atoms with Crippen LogP contribution in [0.3, 0.4) is 0 Å². The molecule has 0 aromatic heterocycles. The molecular weight excluding hydrogens is 122 g/mol. The predicted octanol–water partition coefficient (Wildman–Crippen LogP) is 2.89. The number of nitrogens with zero attached hydrogens (tertiary/aromatic N) is 1. The number of rotatable bonds is 4. The smallest absolute Gasteiger partial charge is 0.0686 e. The lowest BCUT2D eigenvalue weighted by molar-refractivity contribution is 0.394. The maximum atomic E-state index is 8.73. The van der Waals surface area contributed by atoms with Gasteiger partial charge in [0.05, 0.1) is 11.5 Å². The monoisotopic (exact) mass is 137 g/mol. The predicted molar refractivity (Wildman–Crippen MR) is 43.4 cm³/mol. The summed E-state index contributed by atoms with van der Waals surface area (Å²) < 4.78 is 0. The van der Waals surface area contributed by atoms with Crippen LogP contribution < -0.4 is 0 Å². The van der Waals surface area contributed by atoms with Crippen LogP contribution in [-0.4, -0.2) is 0 Å². The van der Waals surface area contributed by atoms with Gasteiger partial charge in [-0.15, -0.1) is 6.58 Å².